The quantitative estimate of drug-likeness (QED) is 0.910. The topological polar surface area (TPSA) is 40.7 Å². The van der Waals surface area contributed by atoms with E-state index in [1.807, 2.05) is 13.8 Å². The second kappa shape index (κ2) is 4.87. The van der Waals surface area contributed by atoms with Crippen LogP contribution in [0.5, 0.6) is 0 Å². The summed E-state index contributed by atoms with van der Waals surface area (Å²) in [5, 5.41) is 10.3. The average molecular weight is 298 g/mol. The molecule has 1 aromatic carbocycles. The van der Waals surface area contributed by atoms with Crippen molar-refractivity contribution in [2.24, 2.45) is 0 Å². The van der Waals surface area contributed by atoms with Crippen LogP contribution < -0.4 is 5.32 Å². The molecule has 0 radical (unpaired) electrons. The normalized spacial score (nSPS) is 10.6. The van der Waals surface area contributed by atoms with Crippen LogP contribution in [0.2, 0.25) is 0 Å². The smallest absolute Gasteiger partial charge is 0.123 e. The van der Waals surface area contributed by atoms with Gasteiger partial charge < -0.3 is 5.32 Å². The van der Waals surface area contributed by atoms with Gasteiger partial charge in [-0.25, -0.2) is 4.39 Å². The SMILES string of the molecule is Cc1n[nH]c(C)c1NCc1cc(F)ccc1Br. The van der Waals surface area contributed by atoms with Gasteiger partial charge in [-0.05, 0) is 37.6 Å². The molecule has 0 unspecified atom stereocenters. The predicted octanol–water partition coefficient (Wildman–Crippen LogP) is 3.54. The van der Waals surface area contributed by atoms with Gasteiger partial charge in [-0.3, -0.25) is 5.10 Å². The average Bonchev–Trinajstić information content (AvgIpc) is 2.61. The minimum absolute atomic E-state index is 0.231. The lowest BCUT2D eigenvalue weighted by molar-refractivity contribution is 0.625. The van der Waals surface area contributed by atoms with Gasteiger partial charge in [-0.1, -0.05) is 15.9 Å². The molecule has 3 nitrogen and oxygen atoms in total. The fourth-order valence-electron chi connectivity index (χ4n) is 1.67. The first-order valence-electron chi connectivity index (χ1n) is 5.27. The van der Waals surface area contributed by atoms with Gasteiger partial charge in [0.2, 0.25) is 0 Å². The van der Waals surface area contributed by atoms with Crippen LogP contribution in [0.3, 0.4) is 0 Å². The van der Waals surface area contributed by atoms with Gasteiger partial charge in [0.25, 0.3) is 0 Å². The van der Waals surface area contributed by atoms with Crippen molar-refractivity contribution in [3.63, 3.8) is 0 Å². The van der Waals surface area contributed by atoms with Crippen molar-refractivity contribution in [2.75, 3.05) is 5.32 Å². The number of H-pyrrole nitrogens is 1. The summed E-state index contributed by atoms with van der Waals surface area (Å²) >= 11 is 3.40. The highest BCUT2D eigenvalue weighted by atomic mass is 79.9. The third kappa shape index (κ3) is 2.66. The largest absolute Gasteiger partial charge is 0.378 e. The van der Waals surface area contributed by atoms with E-state index < -0.39 is 0 Å². The number of aromatic nitrogens is 2. The summed E-state index contributed by atoms with van der Waals surface area (Å²) < 4.78 is 14.0. The molecular formula is C12H13BrFN3. The summed E-state index contributed by atoms with van der Waals surface area (Å²) in [5.41, 5.74) is 3.75. The number of aromatic amines is 1. The summed E-state index contributed by atoms with van der Waals surface area (Å²) in [6, 6.07) is 4.66. The molecule has 2 rings (SSSR count). The van der Waals surface area contributed by atoms with Gasteiger partial charge in [0.15, 0.2) is 0 Å². The van der Waals surface area contributed by atoms with E-state index in [4.69, 9.17) is 0 Å². The van der Waals surface area contributed by atoms with Gasteiger partial charge in [0, 0.05) is 11.0 Å². The van der Waals surface area contributed by atoms with Gasteiger partial charge in [-0.2, -0.15) is 5.10 Å². The van der Waals surface area contributed by atoms with E-state index in [0.29, 0.717) is 6.54 Å². The molecule has 17 heavy (non-hydrogen) atoms. The Morgan fingerprint density at radius 1 is 1.41 bits per heavy atom. The van der Waals surface area contributed by atoms with Gasteiger partial charge in [-0.15, -0.1) is 0 Å². The number of nitrogens with one attached hydrogen (secondary N) is 2. The second-order valence-corrected chi connectivity index (χ2v) is 4.75. The minimum Gasteiger partial charge on any atom is -0.378 e. The number of hydrogen-bond donors (Lipinski definition) is 2. The molecule has 5 heteroatoms. The van der Waals surface area contributed by atoms with Crippen LogP contribution in [0.1, 0.15) is 17.0 Å². The molecule has 0 atom stereocenters. The van der Waals surface area contributed by atoms with E-state index in [0.717, 1.165) is 27.1 Å². The Hall–Kier alpha value is -1.36. The highest BCUT2D eigenvalue weighted by molar-refractivity contribution is 9.10. The Morgan fingerprint density at radius 3 is 2.82 bits per heavy atom. The monoisotopic (exact) mass is 297 g/mol. The summed E-state index contributed by atoms with van der Waals surface area (Å²) in [6.07, 6.45) is 0. The predicted molar refractivity (Wildman–Crippen MR) is 69.5 cm³/mol. The molecular weight excluding hydrogens is 285 g/mol. The summed E-state index contributed by atoms with van der Waals surface area (Å²) in [6.45, 7) is 4.43. The van der Waals surface area contributed by atoms with E-state index in [1.54, 1.807) is 6.07 Å². The molecule has 0 saturated heterocycles. The maximum atomic E-state index is 13.1. The summed E-state index contributed by atoms with van der Waals surface area (Å²) in [7, 11) is 0. The number of nitrogens with zero attached hydrogens (tertiary/aromatic N) is 1. The molecule has 1 aromatic heterocycles. The van der Waals surface area contributed by atoms with Gasteiger partial charge >= 0.3 is 0 Å². The van der Waals surface area contributed by atoms with E-state index in [2.05, 4.69) is 31.4 Å². The Kier molecular flexibility index (Phi) is 3.47. The summed E-state index contributed by atoms with van der Waals surface area (Å²) in [5.74, 6) is -0.231. The lowest BCUT2D eigenvalue weighted by atomic mass is 10.2. The number of benzene rings is 1. The van der Waals surface area contributed by atoms with Crippen molar-refractivity contribution in [3.05, 3.63) is 45.4 Å². The number of aryl methyl sites for hydroxylation is 2. The first-order chi connectivity index (χ1) is 8.08. The van der Waals surface area contributed by atoms with Crippen molar-refractivity contribution in [1.29, 1.82) is 0 Å². The zero-order valence-electron chi connectivity index (χ0n) is 9.64. The second-order valence-electron chi connectivity index (χ2n) is 3.90. The first-order valence-corrected chi connectivity index (χ1v) is 6.06. The van der Waals surface area contributed by atoms with Gasteiger partial charge in [0.1, 0.15) is 5.82 Å². The van der Waals surface area contributed by atoms with E-state index >= 15 is 0 Å². The molecule has 0 spiro atoms. The standard InChI is InChI=1S/C12H13BrFN3/c1-7-12(8(2)17-16-7)15-6-9-5-10(14)3-4-11(9)13/h3-5,15H,6H2,1-2H3,(H,16,17). The Labute approximate surface area is 108 Å². The molecule has 0 amide bonds. The van der Waals surface area contributed by atoms with Crippen LogP contribution in [0, 0.1) is 19.7 Å². The summed E-state index contributed by atoms with van der Waals surface area (Å²) in [4.78, 5) is 0. The zero-order chi connectivity index (χ0) is 12.4. The Bertz CT molecular complexity index is 517. The lowest BCUT2D eigenvalue weighted by Gasteiger charge is -2.08. The van der Waals surface area contributed by atoms with Crippen molar-refractivity contribution in [2.45, 2.75) is 20.4 Å². The molecule has 90 valence electrons. The molecule has 2 aromatic rings. The Morgan fingerprint density at radius 2 is 2.18 bits per heavy atom. The highest BCUT2D eigenvalue weighted by Gasteiger charge is 2.07. The number of anilines is 1. The fraction of sp³-hybridized carbons (Fsp3) is 0.250. The molecule has 0 saturated carbocycles. The Balaban J connectivity index is 2.15. The van der Waals surface area contributed by atoms with Crippen LogP contribution >= 0.6 is 15.9 Å². The number of halogens is 2. The molecule has 0 aliphatic rings. The zero-order valence-corrected chi connectivity index (χ0v) is 11.2. The van der Waals surface area contributed by atoms with E-state index in [9.17, 15) is 4.39 Å². The molecule has 2 N–H and O–H groups in total. The van der Waals surface area contributed by atoms with Crippen LogP contribution in [0.25, 0.3) is 0 Å². The van der Waals surface area contributed by atoms with Crippen molar-refractivity contribution >= 4 is 21.6 Å². The highest BCUT2D eigenvalue weighted by Crippen LogP contribution is 2.21. The number of rotatable bonds is 3. The van der Waals surface area contributed by atoms with Gasteiger partial charge in [0.05, 0.1) is 17.1 Å². The minimum atomic E-state index is -0.231. The molecule has 0 aliphatic carbocycles. The maximum Gasteiger partial charge on any atom is 0.123 e. The van der Waals surface area contributed by atoms with Crippen LogP contribution in [-0.4, -0.2) is 10.2 Å². The molecule has 0 bridgehead atoms. The fourth-order valence-corrected chi connectivity index (χ4v) is 2.06. The molecule has 1 heterocycles. The van der Waals surface area contributed by atoms with Crippen molar-refractivity contribution in [3.8, 4) is 0 Å². The third-order valence-corrected chi connectivity index (χ3v) is 3.37. The van der Waals surface area contributed by atoms with Crippen molar-refractivity contribution < 1.29 is 4.39 Å². The lowest BCUT2D eigenvalue weighted by Crippen LogP contribution is -2.02. The molecule has 0 fully saturated rings. The van der Waals surface area contributed by atoms with E-state index in [1.165, 1.54) is 12.1 Å². The van der Waals surface area contributed by atoms with Crippen molar-refractivity contribution in [1.82, 2.24) is 10.2 Å². The third-order valence-electron chi connectivity index (χ3n) is 2.59. The van der Waals surface area contributed by atoms with Crippen LogP contribution in [0.15, 0.2) is 22.7 Å². The maximum absolute atomic E-state index is 13.1. The van der Waals surface area contributed by atoms with Crippen LogP contribution in [-0.2, 0) is 6.54 Å². The first kappa shape index (κ1) is 12.1. The van der Waals surface area contributed by atoms with E-state index in [-0.39, 0.29) is 5.82 Å². The number of hydrogen-bond acceptors (Lipinski definition) is 2. The van der Waals surface area contributed by atoms with Crippen LogP contribution in [0.4, 0.5) is 10.1 Å². The molecule has 0 aliphatic heterocycles.